The summed E-state index contributed by atoms with van der Waals surface area (Å²) in [6, 6.07) is 7.09. The van der Waals surface area contributed by atoms with Gasteiger partial charge in [0.05, 0.1) is 19.4 Å². The fraction of sp³-hybridized carbons (Fsp3) is 0.467. The minimum Gasteiger partial charge on any atom is -0.497 e. The molecule has 0 N–H and O–H groups in total. The molecular weight excluding hydrogens is 288 g/mol. The van der Waals surface area contributed by atoms with Crippen molar-refractivity contribution in [3.63, 3.8) is 0 Å². The number of methoxy groups -OCH3 is 1. The SMILES string of the molecule is COc1ccc(CC(=O)N2CSC[C@@H]2C(=O)N(C)C)cc1. The number of carbonyl (C=O) groups is 2. The van der Waals surface area contributed by atoms with Crippen LogP contribution >= 0.6 is 11.8 Å². The Balaban J connectivity index is 2.03. The summed E-state index contributed by atoms with van der Waals surface area (Å²) in [4.78, 5) is 27.7. The summed E-state index contributed by atoms with van der Waals surface area (Å²) in [5.74, 6) is 2.00. The average molecular weight is 308 g/mol. The Morgan fingerprint density at radius 1 is 1.33 bits per heavy atom. The average Bonchev–Trinajstić information content (AvgIpc) is 2.96. The Kier molecular flexibility index (Phi) is 5.12. The number of rotatable bonds is 4. The molecule has 0 radical (unpaired) electrons. The maximum atomic E-state index is 12.4. The zero-order chi connectivity index (χ0) is 15.4. The van der Waals surface area contributed by atoms with E-state index in [2.05, 4.69) is 0 Å². The first-order valence-corrected chi connectivity index (χ1v) is 7.89. The second-order valence-electron chi connectivity index (χ2n) is 5.14. The molecule has 0 unspecified atom stereocenters. The Hall–Kier alpha value is -1.69. The molecule has 5 nitrogen and oxygen atoms in total. The van der Waals surface area contributed by atoms with Gasteiger partial charge in [-0.1, -0.05) is 12.1 Å². The first kappa shape index (κ1) is 15.7. The van der Waals surface area contributed by atoms with E-state index in [1.807, 2.05) is 24.3 Å². The maximum absolute atomic E-state index is 12.4. The lowest BCUT2D eigenvalue weighted by molar-refractivity contribution is -0.141. The van der Waals surface area contributed by atoms with Crippen LogP contribution in [0.3, 0.4) is 0 Å². The second-order valence-corrected chi connectivity index (χ2v) is 6.14. The van der Waals surface area contributed by atoms with Gasteiger partial charge in [-0.25, -0.2) is 0 Å². The Labute approximate surface area is 129 Å². The highest BCUT2D eigenvalue weighted by molar-refractivity contribution is 7.99. The van der Waals surface area contributed by atoms with Crippen molar-refractivity contribution in [1.29, 1.82) is 0 Å². The largest absolute Gasteiger partial charge is 0.497 e. The van der Waals surface area contributed by atoms with Crippen molar-refractivity contribution in [2.75, 3.05) is 32.8 Å². The fourth-order valence-electron chi connectivity index (χ4n) is 2.21. The van der Waals surface area contributed by atoms with Gasteiger partial charge in [-0.2, -0.15) is 0 Å². The normalized spacial score (nSPS) is 17.7. The number of thioether (sulfide) groups is 1. The van der Waals surface area contributed by atoms with Crippen LogP contribution in [0, 0.1) is 0 Å². The van der Waals surface area contributed by atoms with Crippen molar-refractivity contribution in [2.45, 2.75) is 12.5 Å². The minimum absolute atomic E-state index is 0.00892. The number of hydrogen-bond donors (Lipinski definition) is 0. The summed E-state index contributed by atoms with van der Waals surface area (Å²) in [7, 11) is 5.05. The number of ether oxygens (including phenoxy) is 1. The maximum Gasteiger partial charge on any atom is 0.245 e. The molecule has 2 rings (SSSR count). The molecule has 0 aromatic heterocycles. The molecule has 1 aromatic carbocycles. The van der Waals surface area contributed by atoms with Crippen molar-refractivity contribution in [2.24, 2.45) is 0 Å². The summed E-state index contributed by atoms with van der Waals surface area (Å²) in [6.07, 6.45) is 0.307. The molecule has 0 bridgehead atoms. The number of hydrogen-bond acceptors (Lipinski definition) is 4. The third-order valence-electron chi connectivity index (χ3n) is 3.44. The monoisotopic (exact) mass is 308 g/mol. The number of likely N-dealkylation sites (N-methyl/N-ethyl adjacent to an activating group) is 1. The molecular formula is C15H20N2O3S. The van der Waals surface area contributed by atoms with Crippen molar-refractivity contribution >= 4 is 23.6 Å². The number of nitrogens with zero attached hydrogens (tertiary/aromatic N) is 2. The lowest BCUT2D eigenvalue weighted by Gasteiger charge is -2.25. The van der Waals surface area contributed by atoms with Crippen LogP contribution in [0.1, 0.15) is 5.56 Å². The molecule has 21 heavy (non-hydrogen) atoms. The standard InChI is InChI=1S/C15H20N2O3S/c1-16(2)15(19)13-9-21-10-17(13)14(18)8-11-4-6-12(20-3)7-5-11/h4-7,13H,8-10H2,1-3H3/t13-/m1/s1. The number of carbonyl (C=O) groups excluding carboxylic acids is 2. The van der Waals surface area contributed by atoms with Gasteiger partial charge in [0, 0.05) is 19.8 Å². The molecule has 114 valence electrons. The summed E-state index contributed by atoms with van der Waals surface area (Å²) in [5, 5.41) is 0. The highest BCUT2D eigenvalue weighted by Crippen LogP contribution is 2.23. The summed E-state index contributed by atoms with van der Waals surface area (Å²) in [6.45, 7) is 0. The number of benzene rings is 1. The van der Waals surface area contributed by atoms with E-state index >= 15 is 0 Å². The van der Waals surface area contributed by atoms with E-state index in [0.717, 1.165) is 11.3 Å². The molecule has 6 heteroatoms. The minimum atomic E-state index is -0.337. The van der Waals surface area contributed by atoms with Gasteiger partial charge < -0.3 is 14.5 Å². The van der Waals surface area contributed by atoms with Crippen molar-refractivity contribution in [3.8, 4) is 5.75 Å². The van der Waals surface area contributed by atoms with E-state index in [4.69, 9.17) is 4.74 Å². The van der Waals surface area contributed by atoms with Gasteiger partial charge in [-0.3, -0.25) is 9.59 Å². The Morgan fingerprint density at radius 3 is 2.57 bits per heavy atom. The molecule has 1 aliphatic heterocycles. The third kappa shape index (κ3) is 3.69. The lowest BCUT2D eigenvalue weighted by atomic mass is 10.1. The molecule has 0 saturated carbocycles. The molecule has 1 aromatic rings. The smallest absolute Gasteiger partial charge is 0.245 e. The predicted molar refractivity (Wildman–Crippen MR) is 83.4 cm³/mol. The molecule has 1 heterocycles. The molecule has 2 amide bonds. The van der Waals surface area contributed by atoms with Crippen molar-refractivity contribution in [3.05, 3.63) is 29.8 Å². The van der Waals surface area contributed by atoms with Crippen LogP contribution in [0.4, 0.5) is 0 Å². The van der Waals surface area contributed by atoms with Gasteiger partial charge >= 0.3 is 0 Å². The van der Waals surface area contributed by atoms with E-state index in [9.17, 15) is 9.59 Å². The molecule has 0 aliphatic carbocycles. The highest BCUT2D eigenvalue weighted by atomic mass is 32.2. The van der Waals surface area contributed by atoms with E-state index in [0.29, 0.717) is 18.1 Å². The first-order valence-electron chi connectivity index (χ1n) is 6.74. The Morgan fingerprint density at radius 2 is 2.00 bits per heavy atom. The molecule has 0 spiro atoms. The third-order valence-corrected chi connectivity index (χ3v) is 4.46. The van der Waals surface area contributed by atoms with Gasteiger partial charge in [-0.15, -0.1) is 11.8 Å². The number of amides is 2. The Bertz CT molecular complexity index is 516. The topological polar surface area (TPSA) is 49.9 Å². The second kappa shape index (κ2) is 6.85. The van der Waals surface area contributed by atoms with Crippen LogP contribution < -0.4 is 4.74 Å². The zero-order valence-electron chi connectivity index (χ0n) is 12.5. The van der Waals surface area contributed by atoms with E-state index in [1.54, 1.807) is 42.8 Å². The van der Waals surface area contributed by atoms with Crippen molar-refractivity contribution in [1.82, 2.24) is 9.80 Å². The van der Waals surface area contributed by atoms with Gasteiger partial charge in [0.15, 0.2) is 0 Å². The zero-order valence-corrected chi connectivity index (χ0v) is 13.4. The van der Waals surface area contributed by atoms with Crippen LogP contribution in [0.25, 0.3) is 0 Å². The summed E-state index contributed by atoms with van der Waals surface area (Å²) >= 11 is 1.62. The van der Waals surface area contributed by atoms with E-state index in [1.165, 1.54) is 0 Å². The molecule has 1 saturated heterocycles. The molecule has 1 atom stereocenters. The van der Waals surface area contributed by atoms with Gasteiger partial charge in [-0.05, 0) is 17.7 Å². The summed E-state index contributed by atoms with van der Waals surface area (Å²) < 4.78 is 5.10. The quantitative estimate of drug-likeness (QED) is 0.839. The van der Waals surface area contributed by atoms with Crippen molar-refractivity contribution < 1.29 is 14.3 Å². The van der Waals surface area contributed by atoms with E-state index < -0.39 is 0 Å². The highest BCUT2D eigenvalue weighted by Gasteiger charge is 2.35. The molecule has 1 fully saturated rings. The van der Waals surface area contributed by atoms with Crippen LogP contribution in [0.5, 0.6) is 5.75 Å². The first-order chi connectivity index (χ1) is 10.0. The molecule has 1 aliphatic rings. The van der Waals surface area contributed by atoms with Crippen LogP contribution in [0.2, 0.25) is 0 Å². The fourth-order valence-corrected chi connectivity index (χ4v) is 3.38. The predicted octanol–water partition coefficient (Wildman–Crippen LogP) is 1.23. The van der Waals surface area contributed by atoms with Gasteiger partial charge in [0.1, 0.15) is 11.8 Å². The van der Waals surface area contributed by atoms with Gasteiger partial charge in [0.2, 0.25) is 11.8 Å². The van der Waals surface area contributed by atoms with Crippen LogP contribution in [-0.2, 0) is 16.0 Å². The lowest BCUT2D eigenvalue weighted by Crippen LogP contribution is -2.47. The van der Waals surface area contributed by atoms with E-state index in [-0.39, 0.29) is 17.9 Å². The van der Waals surface area contributed by atoms with Gasteiger partial charge in [0.25, 0.3) is 0 Å². The van der Waals surface area contributed by atoms with Crippen LogP contribution in [-0.4, -0.2) is 60.5 Å². The summed E-state index contributed by atoms with van der Waals surface area (Å²) in [5.41, 5.74) is 0.925. The van der Waals surface area contributed by atoms with Crippen LogP contribution in [0.15, 0.2) is 24.3 Å².